The van der Waals surface area contributed by atoms with Crippen LogP contribution in [0.15, 0.2) is 60.8 Å². The van der Waals surface area contributed by atoms with Gasteiger partial charge in [-0.05, 0) is 42.7 Å². The lowest BCUT2D eigenvalue weighted by molar-refractivity contribution is -0.145. The first-order valence-corrected chi connectivity index (χ1v) is 10.4. The van der Waals surface area contributed by atoms with Gasteiger partial charge < -0.3 is 19.3 Å². The fourth-order valence-electron chi connectivity index (χ4n) is 3.98. The van der Waals surface area contributed by atoms with Crippen LogP contribution in [0.1, 0.15) is 24.8 Å². The quantitative estimate of drug-likeness (QED) is 0.645. The first-order valence-electron chi connectivity index (χ1n) is 10.4. The molecule has 0 unspecified atom stereocenters. The molecule has 1 N–H and O–H groups in total. The highest BCUT2D eigenvalue weighted by Gasteiger charge is 2.27. The molecule has 6 heteroatoms. The summed E-state index contributed by atoms with van der Waals surface area (Å²) < 4.78 is 7.96. The number of carboxylic acids is 1. The monoisotopic (exact) mass is 406 g/mol. The Morgan fingerprint density at radius 3 is 2.73 bits per heavy atom. The molecule has 0 saturated carbocycles. The van der Waals surface area contributed by atoms with Gasteiger partial charge in [0.05, 0.1) is 5.92 Å². The molecule has 0 spiro atoms. The summed E-state index contributed by atoms with van der Waals surface area (Å²) in [5, 5.41) is 10.3. The third-order valence-corrected chi connectivity index (χ3v) is 5.68. The smallest absolute Gasteiger partial charge is 0.308 e. The van der Waals surface area contributed by atoms with Crippen LogP contribution in [0, 0.1) is 5.92 Å². The van der Waals surface area contributed by atoms with Gasteiger partial charge in [-0.15, -0.1) is 0 Å². The summed E-state index contributed by atoms with van der Waals surface area (Å²) in [5.74, 6) is -0.419. The number of rotatable bonds is 7. The van der Waals surface area contributed by atoms with Crippen molar-refractivity contribution in [3.05, 3.63) is 66.4 Å². The molecule has 1 aliphatic heterocycles. The maximum absolute atomic E-state index is 12.6. The summed E-state index contributed by atoms with van der Waals surface area (Å²) >= 11 is 0. The number of hydrogen-bond acceptors (Lipinski definition) is 3. The second-order valence-corrected chi connectivity index (χ2v) is 7.77. The maximum Gasteiger partial charge on any atom is 0.308 e. The molecular formula is C24H26N2O4. The Labute approximate surface area is 175 Å². The number of likely N-dealkylation sites (tertiary alicyclic amines) is 1. The van der Waals surface area contributed by atoms with Gasteiger partial charge in [-0.2, -0.15) is 0 Å². The number of aromatic nitrogens is 1. The van der Waals surface area contributed by atoms with Crippen molar-refractivity contribution in [2.45, 2.75) is 32.4 Å². The Balaban J connectivity index is 1.35. The number of hydrogen-bond donors (Lipinski definition) is 1. The largest absolute Gasteiger partial charge is 0.489 e. The van der Waals surface area contributed by atoms with Crippen molar-refractivity contribution in [1.82, 2.24) is 9.47 Å². The van der Waals surface area contributed by atoms with E-state index in [-0.39, 0.29) is 5.91 Å². The number of piperidine rings is 1. The van der Waals surface area contributed by atoms with Gasteiger partial charge in [-0.25, -0.2) is 0 Å². The molecule has 1 fully saturated rings. The average Bonchev–Trinajstić information content (AvgIpc) is 3.19. The van der Waals surface area contributed by atoms with Crippen molar-refractivity contribution < 1.29 is 19.4 Å². The van der Waals surface area contributed by atoms with Crippen LogP contribution in [0.5, 0.6) is 5.75 Å². The molecule has 3 aromatic rings. The number of aryl methyl sites for hydroxylation is 1. The third-order valence-electron chi connectivity index (χ3n) is 5.68. The minimum absolute atomic E-state index is 0.0191. The fourth-order valence-corrected chi connectivity index (χ4v) is 3.98. The first-order chi connectivity index (χ1) is 14.6. The molecule has 1 atom stereocenters. The topological polar surface area (TPSA) is 71.8 Å². The highest BCUT2D eigenvalue weighted by molar-refractivity contribution is 5.82. The van der Waals surface area contributed by atoms with Crippen LogP contribution in [0.4, 0.5) is 0 Å². The Morgan fingerprint density at radius 1 is 1.10 bits per heavy atom. The lowest BCUT2D eigenvalue weighted by atomic mass is 9.98. The van der Waals surface area contributed by atoms with Crippen molar-refractivity contribution in [2.24, 2.45) is 5.92 Å². The maximum atomic E-state index is 12.6. The molecule has 2 aromatic carbocycles. The Kier molecular flexibility index (Phi) is 6.02. The number of carbonyl (C=O) groups excluding carboxylic acids is 1. The van der Waals surface area contributed by atoms with Crippen molar-refractivity contribution in [3.8, 4) is 5.75 Å². The van der Waals surface area contributed by atoms with E-state index in [0.717, 1.165) is 28.6 Å². The summed E-state index contributed by atoms with van der Waals surface area (Å²) in [6, 6.07) is 18.0. The van der Waals surface area contributed by atoms with Crippen molar-refractivity contribution in [3.63, 3.8) is 0 Å². The normalized spacial score (nSPS) is 16.5. The number of benzene rings is 2. The van der Waals surface area contributed by atoms with E-state index in [1.165, 1.54) is 0 Å². The van der Waals surface area contributed by atoms with Crippen LogP contribution < -0.4 is 4.74 Å². The van der Waals surface area contributed by atoms with Crippen molar-refractivity contribution >= 4 is 22.8 Å². The van der Waals surface area contributed by atoms with Crippen molar-refractivity contribution in [1.29, 1.82) is 0 Å². The Bertz CT molecular complexity index is 1030. The number of carboxylic acid groups (broad SMARTS) is 1. The molecule has 0 radical (unpaired) electrons. The average molecular weight is 406 g/mol. The zero-order valence-corrected chi connectivity index (χ0v) is 16.9. The number of nitrogens with zero attached hydrogens (tertiary/aromatic N) is 2. The van der Waals surface area contributed by atoms with E-state index in [1.54, 1.807) is 4.90 Å². The molecule has 1 amide bonds. The van der Waals surface area contributed by atoms with Gasteiger partial charge in [-0.1, -0.05) is 30.3 Å². The van der Waals surface area contributed by atoms with Crippen LogP contribution in [0.3, 0.4) is 0 Å². The Hall–Kier alpha value is -3.28. The number of amides is 1. The van der Waals surface area contributed by atoms with E-state index in [4.69, 9.17) is 4.74 Å². The minimum atomic E-state index is -0.811. The van der Waals surface area contributed by atoms with Crippen LogP contribution >= 0.6 is 0 Å². The van der Waals surface area contributed by atoms with E-state index < -0.39 is 11.9 Å². The van der Waals surface area contributed by atoms with Crippen LogP contribution in [0.2, 0.25) is 0 Å². The van der Waals surface area contributed by atoms with E-state index in [0.29, 0.717) is 39.1 Å². The van der Waals surface area contributed by atoms with Crippen LogP contribution in [-0.2, 0) is 22.7 Å². The predicted octanol–water partition coefficient (Wildman–Crippen LogP) is 3.93. The van der Waals surface area contributed by atoms with Gasteiger partial charge in [0.25, 0.3) is 0 Å². The summed E-state index contributed by atoms with van der Waals surface area (Å²) in [6.45, 7) is 2.06. The van der Waals surface area contributed by atoms with E-state index >= 15 is 0 Å². The van der Waals surface area contributed by atoms with E-state index in [2.05, 4.69) is 4.57 Å². The molecular weight excluding hydrogens is 380 g/mol. The zero-order chi connectivity index (χ0) is 20.9. The highest BCUT2D eigenvalue weighted by Crippen LogP contribution is 2.24. The molecule has 1 saturated heterocycles. The Morgan fingerprint density at radius 2 is 1.93 bits per heavy atom. The lowest BCUT2D eigenvalue weighted by Crippen LogP contribution is -2.42. The first kappa shape index (κ1) is 20.0. The zero-order valence-electron chi connectivity index (χ0n) is 16.9. The van der Waals surface area contributed by atoms with Gasteiger partial charge in [-0.3, -0.25) is 9.59 Å². The van der Waals surface area contributed by atoms with E-state index in [1.807, 2.05) is 60.8 Å². The summed E-state index contributed by atoms with van der Waals surface area (Å²) in [5.41, 5.74) is 2.17. The molecule has 1 aliphatic rings. The van der Waals surface area contributed by atoms with E-state index in [9.17, 15) is 14.7 Å². The van der Waals surface area contributed by atoms with Gasteiger partial charge in [0.1, 0.15) is 12.4 Å². The number of fused-ring (bicyclic) bond motifs is 1. The third kappa shape index (κ3) is 4.64. The molecule has 4 rings (SSSR count). The van der Waals surface area contributed by atoms with Crippen LogP contribution in [-0.4, -0.2) is 39.5 Å². The second kappa shape index (κ2) is 9.03. The predicted molar refractivity (Wildman–Crippen MR) is 114 cm³/mol. The van der Waals surface area contributed by atoms with Gasteiger partial charge in [0, 0.05) is 43.2 Å². The minimum Gasteiger partial charge on any atom is -0.489 e. The lowest BCUT2D eigenvalue weighted by Gasteiger charge is -2.30. The molecule has 0 aliphatic carbocycles. The second-order valence-electron chi connectivity index (χ2n) is 7.77. The highest BCUT2D eigenvalue weighted by atomic mass is 16.5. The SMILES string of the molecule is O=C(O)[C@@H]1CCCN(C(=O)CCn2ccc3cc(OCc4ccccc4)ccc32)C1. The summed E-state index contributed by atoms with van der Waals surface area (Å²) in [7, 11) is 0. The van der Waals surface area contributed by atoms with Gasteiger partial charge >= 0.3 is 5.97 Å². The molecule has 30 heavy (non-hydrogen) atoms. The van der Waals surface area contributed by atoms with Gasteiger partial charge in [0.2, 0.25) is 5.91 Å². The van der Waals surface area contributed by atoms with Crippen LogP contribution in [0.25, 0.3) is 10.9 Å². The molecule has 1 aromatic heterocycles. The number of aliphatic carboxylic acids is 1. The molecule has 0 bridgehead atoms. The molecule has 2 heterocycles. The van der Waals surface area contributed by atoms with Crippen molar-refractivity contribution in [2.75, 3.05) is 13.1 Å². The summed E-state index contributed by atoms with van der Waals surface area (Å²) in [6.07, 6.45) is 3.74. The molecule has 6 nitrogen and oxygen atoms in total. The number of ether oxygens (including phenoxy) is 1. The fraction of sp³-hybridized carbons (Fsp3) is 0.333. The number of carbonyl (C=O) groups is 2. The summed E-state index contributed by atoms with van der Waals surface area (Å²) in [4.78, 5) is 25.5. The molecule has 156 valence electrons. The standard InChI is InChI=1S/C24H26N2O4/c27-23(26-12-4-7-20(16-26)24(28)29)11-14-25-13-10-19-15-21(8-9-22(19)25)30-17-18-5-2-1-3-6-18/h1-3,5-6,8-10,13,15,20H,4,7,11-12,14,16-17H2,(H,28,29)/t20-/m1/s1. The van der Waals surface area contributed by atoms with Gasteiger partial charge in [0.15, 0.2) is 0 Å².